The van der Waals surface area contributed by atoms with Gasteiger partial charge in [0, 0.05) is 10.9 Å². The maximum atomic E-state index is 12.6. The largest absolute Gasteiger partial charge is 0.486 e. The summed E-state index contributed by atoms with van der Waals surface area (Å²) in [4.78, 5) is 11.4. The van der Waals surface area contributed by atoms with Crippen LogP contribution in [0.5, 0.6) is 5.75 Å². The normalized spacial score (nSPS) is 12.7. The highest BCUT2D eigenvalue weighted by molar-refractivity contribution is 7.89. The summed E-state index contributed by atoms with van der Waals surface area (Å²) in [6.45, 7) is 5.62. The van der Waals surface area contributed by atoms with Crippen molar-refractivity contribution in [3.63, 3.8) is 0 Å². The molecular weight excluding hydrogens is 466 g/mol. The molecule has 4 aromatic rings. The van der Waals surface area contributed by atoms with Gasteiger partial charge in [-0.05, 0) is 54.3 Å². The molecule has 0 radical (unpaired) electrons. The number of aryl methyl sites for hydroxylation is 1. The molecule has 1 heterocycles. The van der Waals surface area contributed by atoms with E-state index >= 15 is 0 Å². The highest BCUT2D eigenvalue weighted by Crippen LogP contribution is 2.28. The average molecular weight is 494 g/mol. The first-order chi connectivity index (χ1) is 16.7. The molecule has 0 aliphatic carbocycles. The Morgan fingerprint density at radius 1 is 0.971 bits per heavy atom. The van der Waals surface area contributed by atoms with Crippen molar-refractivity contribution in [3.05, 3.63) is 84.1 Å². The Bertz CT molecular complexity index is 1440. The number of hydrogen-bond donors (Lipinski definition) is 2. The summed E-state index contributed by atoms with van der Waals surface area (Å²) in [5.74, 6) is -0.135. The predicted molar refractivity (Wildman–Crippen MR) is 134 cm³/mol. The first-order valence-electron chi connectivity index (χ1n) is 11.2. The topological polar surface area (TPSA) is 106 Å². The standard InChI is InChI=1S/C27H27NO6S/c1-17(2)26(27(29)30)28-35(31,32)22-14-10-20(11-15-22)19-8-12-21(13-9-19)33-16-25-18(3)23-6-4-5-7-24(23)34-25/h4-15,17,26,28H,16H2,1-3H3,(H,29,30). The number of carbonyl (C=O) groups is 1. The number of nitrogens with one attached hydrogen (secondary N) is 1. The summed E-state index contributed by atoms with van der Waals surface area (Å²) in [5, 5.41) is 10.4. The fraction of sp³-hybridized carbons (Fsp3) is 0.222. The number of fused-ring (bicyclic) bond motifs is 1. The zero-order valence-electron chi connectivity index (χ0n) is 19.7. The number of rotatable bonds is 9. The summed E-state index contributed by atoms with van der Waals surface area (Å²) in [6.07, 6.45) is 0. The van der Waals surface area contributed by atoms with Crippen molar-refractivity contribution in [1.82, 2.24) is 4.72 Å². The lowest BCUT2D eigenvalue weighted by Gasteiger charge is -2.18. The van der Waals surface area contributed by atoms with Gasteiger partial charge in [0.25, 0.3) is 0 Å². The molecule has 0 spiro atoms. The lowest BCUT2D eigenvalue weighted by molar-refractivity contribution is -0.140. The monoisotopic (exact) mass is 493 g/mol. The van der Waals surface area contributed by atoms with Crippen LogP contribution < -0.4 is 9.46 Å². The van der Waals surface area contributed by atoms with E-state index in [1.165, 1.54) is 12.1 Å². The molecule has 0 aliphatic heterocycles. The molecule has 1 unspecified atom stereocenters. The van der Waals surface area contributed by atoms with E-state index in [9.17, 15) is 18.3 Å². The molecule has 1 aromatic heterocycles. The second-order valence-electron chi connectivity index (χ2n) is 8.67. The van der Waals surface area contributed by atoms with Crippen LogP contribution in [0.3, 0.4) is 0 Å². The molecule has 4 rings (SSSR count). The van der Waals surface area contributed by atoms with E-state index in [4.69, 9.17) is 9.15 Å². The molecular formula is C27H27NO6S. The third-order valence-electron chi connectivity index (χ3n) is 5.88. The van der Waals surface area contributed by atoms with E-state index in [1.54, 1.807) is 26.0 Å². The Morgan fingerprint density at radius 2 is 1.57 bits per heavy atom. The van der Waals surface area contributed by atoms with Gasteiger partial charge in [-0.25, -0.2) is 8.42 Å². The Labute approximate surface area is 204 Å². The number of benzene rings is 3. The minimum absolute atomic E-state index is 0.00862. The van der Waals surface area contributed by atoms with Gasteiger partial charge in [0.05, 0.1) is 4.90 Å². The van der Waals surface area contributed by atoms with E-state index < -0.39 is 28.0 Å². The van der Waals surface area contributed by atoms with Crippen molar-refractivity contribution in [2.24, 2.45) is 5.92 Å². The van der Waals surface area contributed by atoms with Gasteiger partial charge in [-0.15, -0.1) is 0 Å². The van der Waals surface area contributed by atoms with Gasteiger partial charge in [0.1, 0.15) is 29.7 Å². The van der Waals surface area contributed by atoms with E-state index in [1.807, 2.05) is 55.5 Å². The Morgan fingerprint density at radius 3 is 2.14 bits per heavy atom. The molecule has 0 aliphatic rings. The molecule has 182 valence electrons. The minimum atomic E-state index is -3.96. The Balaban J connectivity index is 1.43. The van der Waals surface area contributed by atoms with Crippen LogP contribution in [0.1, 0.15) is 25.2 Å². The average Bonchev–Trinajstić information content (AvgIpc) is 3.17. The molecule has 2 N–H and O–H groups in total. The van der Waals surface area contributed by atoms with Gasteiger partial charge in [0.15, 0.2) is 0 Å². The Hall–Kier alpha value is -3.62. The lowest BCUT2D eigenvalue weighted by Crippen LogP contribution is -2.44. The zero-order valence-corrected chi connectivity index (χ0v) is 20.5. The summed E-state index contributed by atoms with van der Waals surface area (Å²) < 4.78 is 39.3. The molecule has 0 bridgehead atoms. The summed E-state index contributed by atoms with van der Waals surface area (Å²) in [7, 11) is -3.96. The molecule has 1 atom stereocenters. The van der Waals surface area contributed by atoms with Crippen LogP contribution in [0, 0.1) is 12.8 Å². The third kappa shape index (κ3) is 5.39. The zero-order chi connectivity index (χ0) is 25.2. The quantitative estimate of drug-likeness (QED) is 0.325. The molecule has 7 nitrogen and oxygen atoms in total. The van der Waals surface area contributed by atoms with E-state index in [0.29, 0.717) is 12.4 Å². The third-order valence-corrected chi connectivity index (χ3v) is 7.34. The number of ether oxygens (including phenoxy) is 1. The number of sulfonamides is 1. The van der Waals surface area contributed by atoms with Crippen molar-refractivity contribution in [3.8, 4) is 16.9 Å². The smallest absolute Gasteiger partial charge is 0.322 e. The van der Waals surface area contributed by atoms with E-state index in [2.05, 4.69) is 4.72 Å². The number of para-hydroxylation sites is 1. The maximum Gasteiger partial charge on any atom is 0.322 e. The van der Waals surface area contributed by atoms with Crippen LogP contribution in [0.2, 0.25) is 0 Å². The van der Waals surface area contributed by atoms with Crippen molar-refractivity contribution < 1.29 is 27.5 Å². The van der Waals surface area contributed by atoms with Gasteiger partial charge in [-0.2, -0.15) is 4.72 Å². The van der Waals surface area contributed by atoms with Gasteiger partial charge in [0.2, 0.25) is 10.0 Å². The number of aliphatic carboxylic acids is 1. The minimum Gasteiger partial charge on any atom is -0.486 e. The van der Waals surface area contributed by atoms with Crippen LogP contribution in [-0.2, 0) is 21.4 Å². The van der Waals surface area contributed by atoms with Gasteiger partial charge in [-0.3, -0.25) is 4.79 Å². The number of furan rings is 1. The van der Waals surface area contributed by atoms with Crippen molar-refractivity contribution in [1.29, 1.82) is 0 Å². The first-order valence-corrected chi connectivity index (χ1v) is 12.7. The number of carboxylic acids is 1. The second kappa shape index (κ2) is 9.93. The fourth-order valence-electron chi connectivity index (χ4n) is 3.79. The van der Waals surface area contributed by atoms with Gasteiger partial charge >= 0.3 is 5.97 Å². The van der Waals surface area contributed by atoms with Gasteiger partial charge in [-0.1, -0.05) is 56.3 Å². The summed E-state index contributed by atoms with van der Waals surface area (Å²) in [6, 6.07) is 20.4. The van der Waals surface area contributed by atoms with Crippen molar-refractivity contribution in [2.75, 3.05) is 0 Å². The van der Waals surface area contributed by atoms with E-state index in [-0.39, 0.29) is 4.90 Å². The van der Waals surface area contributed by atoms with Crippen LogP contribution in [0.4, 0.5) is 0 Å². The predicted octanol–water partition coefficient (Wildman–Crippen LogP) is 5.37. The molecule has 0 amide bonds. The highest BCUT2D eigenvalue weighted by Gasteiger charge is 2.28. The molecule has 35 heavy (non-hydrogen) atoms. The molecule has 0 saturated carbocycles. The summed E-state index contributed by atoms with van der Waals surface area (Å²) >= 11 is 0. The Kier molecular flexibility index (Phi) is 6.95. The van der Waals surface area contributed by atoms with Crippen LogP contribution >= 0.6 is 0 Å². The lowest BCUT2D eigenvalue weighted by atomic mass is 10.1. The molecule has 0 fully saturated rings. The first kappa shape index (κ1) is 24.5. The fourth-order valence-corrected chi connectivity index (χ4v) is 5.13. The van der Waals surface area contributed by atoms with Crippen molar-refractivity contribution in [2.45, 2.75) is 38.3 Å². The van der Waals surface area contributed by atoms with Crippen LogP contribution in [0.15, 0.2) is 82.1 Å². The van der Waals surface area contributed by atoms with Crippen molar-refractivity contribution >= 4 is 27.0 Å². The van der Waals surface area contributed by atoms with Gasteiger partial charge < -0.3 is 14.3 Å². The van der Waals surface area contributed by atoms with Crippen LogP contribution in [-0.4, -0.2) is 25.5 Å². The van der Waals surface area contributed by atoms with Crippen LogP contribution in [0.25, 0.3) is 22.1 Å². The highest BCUT2D eigenvalue weighted by atomic mass is 32.2. The SMILES string of the molecule is Cc1c(COc2ccc(-c3ccc(S(=O)(=O)NC(C(=O)O)C(C)C)cc3)cc2)oc2ccccc12. The maximum absolute atomic E-state index is 12.6. The summed E-state index contributed by atoms with van der Waals surface area (Å²) in [5.41, 5.74) is 3.61. The van der Waals surface area contributed by atoms with E-state index in [0.717, 1.165) is 33.4 Å². The number of hydrogen-bond acceptors (Lipinski definition) is 5. The molecule has 8 heteroatoms. The number of carboxylic acid groups (broad SMARTS) is 1. The molecule has 3 aromatic carbocycles. The molecule has 0 saturated heterocycles. The second-order valence-corrected chi connectivity index (χ2v) is 10.4.